The van der Waals surface area contributed by atoms with Crippen LogP contribution in [0.25, 0.3) is 0 Å². The third kappa shape index (κ3) is 1.49. The van der Waals surface area contributed by atoms with Gasteiger partial charge in [-0.15, -0.1) is 0 Å². The summed E-state index contributed by atoms with van der Waals surface area (Å²) in [5.41, 5.74) is 0. The Bertz CT molecular complexity index is 383. The van der Waals surface area contributed by atoms with Crippen LogP contribution in [0.2, 0.25) is 0 Å². The van der Waals surface area contributed by atoms with Crippen molar-refractivity contribution in [2.45, 2.75) is 12.8 Å². The Morgan fingerprint density at radius 1 is 0.857 bits per heavy atom. The quantitative estimate of drug-likeness (QED) is 0.686. The predicted molar refractivity (Wildman–Crippen MR) is 39.3 cm³/mol. The summed E-state index contributed by atoms with van der Waals surface area (Å²) in [5, 5.41) is 30.9. The lowest BCUT2D eigenvalue weighted by Crippen LogP contribution is -1.88. The van der Waals surface area contributed by atoms with Crippen LogP contribution in [-0.2, 0) is 12.8 Å². The third-order valence-electron chi connectivity index (χ3n) is 1.65. The number of aromatic nitrogens is 4. The average Bonchev–Trinajstić information content (AvgIpc) is 2.72. The van der Waals surface area contributed by atoms with Crippen molar-refractivity contribution >= 4 is 0 Å². The van der Waals surface area contributed by atoms with Gasteiger partial charge in [-0.3, -0.25) is 0 Å². The van der Waals surface area contributed by atoms with E-state index in [1.165, 1.54) is 0 Å². The first-order valence-corrected chi connectivity index (χ1v) is 3.77. The molecular formula is C6H6N4O4. The van der Waals surface area contributed by atoms with Gasteiger partial charge in [0, 0.05) is 23.4 Å². The highest BCUT2D eigenvalue weighted by atomic mass is 16.5. The van der Waals surface area contributed by atoms with Gasteiger partial charge in [-0.05, 0) is 0 Å². The molecule has 0 spiro atoms. The monoisotopic (exact) mass is 198 g/mol. The molecule has 0 aliphatic heterocycles. The van der Waals surface area contributed by atoms with Gasteiger partial charge in [-0.25, -0.2) is 0 Å². The lowest BCUT2D eigenvalue weighted by Gasteiger charge is -1.91. The molecule has 8 nitrogen and oxygen atoms in total. The molecule has 0 saturated heterocycles. The van der Waals surface area contributed by atoms with Crippen molar-refractivity contribution in [2.24, 2.45) is 0 Å². The van der Waals surface area contributed by atoms with Gasteiger partial charge < -0.3 is 19.3 Å². The zero-order valence-electron chi connectivity index (χ0n) is 6.91. The summed E-state index contributed by atoms with van der Waals surface area (Å²) in [6, 6.07) is 0. The normalized spacial score (nSPS) is 10.6. The maximum absolute atomic E-state index is 9.06. The summed E-state index contributed by atoms with van der Waals surface area (Å²) in [7, 11) is 0. The van der Waals surface area contributed by atoms with Crippen LogP contribution in [0.5, 0.6) is 11.8 Å². The summed E-state index contributed by atoms with van der Waals surface area (Å²) in [4.78, 5) is 0. The SMILES string of the molecule is Oc1nnoc1CCc1onnc1O. The molecule has 0 aliphatic carbocycles. The lowest BCUT2D eigenvalue weighted by molar-refractivity contribution is 0.337. The Hall–Kier alpha value is -2.12. The predicted octanol–water partition coefficient (Wildman–Crippen LogP) is -0.351. The number of hydrogen-bond donors (Lipinski definition) is 2. The van der Waals surface area contributed by atoms with E-state index >= 15 is 0 Å². The Morgan fingerprint density at radius 3 is 1.57 bits per heavy atom. The van der Waals surface area contributed by atoms with E-state index in [1.807, 2.05) is 0 Å². The van der Waals surface area contributed by atoms with Gasteiger partial charge in [0.1, 0.15) is 0 Å². The van der Waals surface area contributed by atoms with Gasteiger partial charge in [0.05, 0.1) is 0 Å². The molecule has 14 heavy (non-hydrogen) atoms. The van der Waals surface area contributed by atoms with E-state index in [-0.39, 0.29) is 23.3 Å². The van der Waals surface area contributed by atoms with Crippen molar-refractivity contribution in [3.8, 4) is 11.8 Å². The van der Waals surface area contributed by atoms with E-state index in [0.717, 1.165) is 0 Å². The van der Waals surface area contributed by atoms with E-state index in [4.69, 9.17) is 10.2 Å². The molecule has 0 radical (unpaired) electrons. The standard InChI is InChI=1S/C6H6N4O4/c11-5-3(13-9-7-5)1-2-4-6(12)8-10-14-4/h11-12H,1-2H2. The minimum atomic E-state index is -0.267. The Balaban J connectivity index is 2.02. The van der Waals surface area contributed by atoms with Crippen LogP contribution in [0.4, 0.5) is 0 Å². The molecule has 8 heteroatoms. The number of rotatable bonds is 3. The number of nitrogens with zero attached hydrogens (tertiary/aromatic N) is 4. The van der Waals surface area contributed by atoms with Gasteiger partial charge in [0.15, 0.2) is 0 Å². The summed E-state index contributed by atoms with van der Waals surface area (Å²) in [6.45, 7) is 0. The summed E-state index contributed by atoms with van der Waals surface area (Å²) < 4.78 is 9.25. The fraction of sp³-hybridized carbons (Fsp3) is 0.333. The first-order valence-electron chi connectivity index (χ1n) is 3.77. The second kappa shape index (κ2) is 3.32. The van der Waals surface area contributed by atoms with Crippen LogP contribution in [0.15, 0.2) is 9.05 Å². The molecule has 2 rings (SSSR count). The van der Waals surface area contributed by atoms with Crippen LogP contribution in [0, 0.1) is 0 Å². The van der Waals surface area contributed by atoms with Gasteiger partial charge in [0.25, 0.3) is 11.8 Å². The number of aromatic hydroxyl groups is 2. The fourth-order valence-corrected chi connectivity index (χ4v) is 0.952. The van der Waals surface area contributed by atoms with Crippen LogP contribution in [0.1, 0.15) is 11.5 Å². The van der Waals surface area contributed by atoms with E-state index in [1.54, 1.807) is 0 Å². The van der Waals surface area contributed by atoms with Crippen LogP contribution >= 0.6 is 0 Å². The van der Waals surface area contributed by atoms with E-state index in [9.17, 15) is 0 Å². The molecule has 0 fully saturated rings. The van der Waals surface area contributed by atoms with E-state index < -0.39 is 0 Å². The van der Waals surface area contributed by atoms with Crippen molar-refractivity contribution in [1.82, 2.24) is 20.7 Å². The van der Waals surface area contributed by atoms with Gasteiger partial charge in [0.2, 0.25) is 11.5 Å². The molecule has 0 aliphatic rings. The first kappa shape index (κ1) is 8.48. The molecule has 2 N–H and O–H groups in total. The number of aryl methyl sites for hydroxylation is 2. The van der Waals surface area contributed by atoms with Gasteiger partial charge >= 0.3 is 0 Å². The first-order chi connectivity index (χ1) is 6.77. The maximum Gasteiger partial charge on any atom is 0.276 e. The molecule has 2 aromatic heterocycles. The molecule has 0 unspecified atom stereocenters. The maximum atomic E-state index is 9.06. The summed E-state index contributed by atoms with van der Waals surface area (Å²) in [5.74, 6) is -0.0875. The van der Waals surface area contributed by atoms with Crippen LogP contribution < -0.4 is 0 Å². The Labute approximate surface area is 77.1 Å². The zero-order valence-corrected chi connectivity index (χ0v) is 6.91. The molecular weight excluding hydrogens is 192 g/mol. The minimum Gasteiger partial charge on any atom is -0.490 e. The van der Waals surface area contributed by atoms with Crippen molar-refractivity contribution in [1.29, 1.82) is 0 Å². The van der Waals surface area contributed by atoms with Crippen LogP contribution in [-0.4, -0.2) is 31.0 Å². The molecule has 2 aromatic rings. The largest absolute Gasteiger partial charge is 0.490 e. The second-order valence-electron chi connectivity index (χ2n) is 2.54. The molecule has 0 bridgehead atoms. The summed E-state index contributed by atoms with van der Waals surface area (Å²) >= 11 is 0. The Kier molecular flexibility index (Phi) is 2.01. The molecule has 0 saturated carbocycles. The van der Waals surface area contributed by atoms with E-state index in [2.05, 4.69) is 29.8 Å². The topological polar surface area (TPSA) is 118 Å². The zero-order chi connectivity index (χ0) is 9.97. The molecule has 0 amide bonds. The highest BCUT2D eigenvalue weighted by Crippen LogP contribution is 2.17. The van der Waals surface area contributed by atoms with Gasteiger partial charge in [-0.2, -0.15) is 0 Å². The summed E-state index contributed by atoms with van der Waals surface area (Å²) in [6.07, 6.45) is 0.590. The average molecular weight is 198 g/mol. The van der Waals surface area contributed by atoms with Crippen molar-refractivity contribution < 1.29 is 19.3 Å². The van der Waals surface area contributed by atoms with Crippen molar-refractivity contribution in [3.63, 3.8) is 0 Å². The van der Waals surface area contributed by atoms with E-state index in [0.29, 0.717) is 12.8 Å². The molecule has 2 heterocycles. The van der Waals surface area contributed by atoms with Crippen molar-refractivity contribution in [3.05, 3.63) is 11.5 Å². The molecule has 74 valence electrons. The third-order valence-corrected chi connectivity index (χ3v) is 1.65. The Morgan fingerprint density at radius 2 is 1.29 bits per heavy atom. The van der Waals surface area contributed by atoms with Gasteiger partial charge in [-0.1, -0.05) is 10.2 Å². The number of hydrogen-bond acceptors (Lipinski definition) is 8. The molecule has 0 atom stereocenters. The highest BCUT2D eigenvalue weighted by Gasteiger charge is 2.13. The molecule has 0 aromatic carbocycles. The minimum absolute atomic E-state index is 0.223. The second-order valence-corrected chi connectivity index (χ2v) is 2.54. The van der Waals surface area contributed by atoms with Crippen LogP contribution in [0.3, 0.4) is 0 Å². The highest BCUT2D eigenvalue weighted by molar-refractivity contribution is 5.15. The fourth-order valence-electron chi connectivity index (χ4n) is 0.952. The van der Waals surface area contributed by atoms with Crippen molar-refractivity contribution in [2.75, 3.05) is 0 Å². The lowest BCUT2D eigenvalue weighted by atomic mass is 10.2. The smallest absolute Gasteiger partial charge is 0.276 e.